The number of rotatable bonds is 2. The van der Waals surface area contributed by atoms with Crippen LogP contribution in [0.2, 0.25) is 0 Å². The fraction of sp³-hybridized carbons (Fsp3) is 0.143. The van der Waals surface area contributed by atoms with Gasteiger partial charge in [0.1, 0.15) is 0 Å². The minimum absolute atomic E-state index is 0.289. The maximum absolute atomic E-state index is 14.4. The van der Waals surface area contributed by atoms with Gasteiger partial charge in [-0.25, -0.2) is 0 Å². The van der Waals surface area contributed by atoms with Gasteiger partial charge in [0.2, 0.25) is 0 Å². The van der Waals surface area contributed by atoms with Gasteiger partial charge in [-0.1, -0.05) is 54.6 Å². The Labute approximate surface area is 143 Å². The summed E-state index contributed by atoms with van der Waals surface area (Å²) < 4.78 is 14.4. The van der Waals surface area contributed by atoms with E-state index in [1.165, 1.54) is 0 Å². The molecule has 3 heteroatoms. The van der Waals surface area contributed by atoms with E-state index in [1.807, 2.05) is 66.7 Å². The number of para-hydroxylation sites is 2. The van der Waals surface area contributed by atoms with E-state index in [0.717, 1.165) is 27.3 Å². The topological polar surface area (TPSA) is 20.3 Å². The summed E-state index contributed by atoms with van der Waals surface area (Å²) in [5.74, 6) is 0. The van der Waals surface area contributed by atoms with Crippen molar-refractivity contribution in [3.8, 4) is 0 Å². The quantitative estimate of drug-likeness (QED) is 0.656. The standard InChI is InChI=1S/C21H20NOP/c1-16(2)22-18-12-6-8-14-20(18)24(23,17-10-4-3-5-11-17)21-15-9-7-13-19(21)22/h3-16H,1-2H3. The van der Waals surface area contributed by atoms with Crippen LogP contribution in [0.3, 0.4) is 0 Å². The molecule has 2 nitrogen and oxygen atoms in total. The van der Waals surface area contributed by atoms with Crippen molar-refractivity contribution >= 4 is 34.4 Å². The van der Waals surface area contributed by atoms with Crippen LogP contribution in [0.25, 0.3) is 0 Å². The molecule has 120 valence electrons. The Bertz CT molecular complexity index is 882. The molecule has 0 bridgehead atoms. The lowest BCUT2D eigenvalue weighted by atomic mass is 10.2. The molecule has 24 heavy (non-hydrogen) atoms. The first-order valence-corrected chi connectivity index (χ1v) is 9.99. The average Bonchev–Trinajstić information content (AvgIpc) is 2.62. The lowest BCUT2D eigenvalue weighted by Crippen LogP contribution is -2.41. The molecule has 3 aromatic carbocycles. The average molecular weight is 333 g/mol. The minimum Gasteiger partial charge on any atom is -0.338 e. The lowest BCUT2D eigenvalue weighted by Gasteiger charge is -2.40. The molecule has 1 aliphatic heterocycles. The predicted octanol–water partition coefficient (Wildman–Crippen LogP) is 4.19. The van der Waals surface area contributed by atoms with Crippen LogP contribution in [0.4, 0.5) is 11.4 Å². The van der Waals surface area contributed by atoms with Gasteiger partial charge in [0.15, 0.2) is 7.14 Å². The van der Waals surface area contributed by atoms with Gasteiger partial charge < -0.3 is 9.46 Å². The Morgan fingerprint density at radius 1 is 0.708 bits per heavy atom. The molecule has 1 heterocycles. The third-order valence-electron chi connectivity index (χ3n) is 4.60. The van der Waals surface area contributed by atoms with E-state index in [9.17, 15) is 4.57 Å². The molecule has 0 atom stereocenters. The molecule has 4 rings (SSSR count). The fourth-order valence-corrected chi connectivity index (χ4v) is 6.61. The van der Waals surface area contributed by atoms with Gasteiger partial charge >= 0.3 is 0 Å². The molecule has 1 aliphatic rings. The van der Waals surface area contributed by atoms with Gasteiger partial charge in [-0.2, -0.15) is 0 Å². The van der Waals surface area contributed by atoms with Crippen LogP contribution < -0.4 is 20.8 Å². The third kappa shape index (κ3) is 2.07. The summed E-state index contributed by atoms with van der Waals surface area (Å²) in [6.07, 6.45) is 0. The van der Waals surface area contributed by atoms with E-state index in [2.05, 4.69) is 30.9 Å². The zero-order valence-electron chi connectivity index (χ0n) is 13.9. The van der Waals surface area contributed by atoms with E-state index in [-0.39, 0.29) is 6.04 Å². The lowest BCUT2D eigenvalue weighted by molar-refractivity contribution is 0.592. The van der Waals surface area contributed by atoms with E-state index in [4.69, 9.17) is 0 Å². The van der Waals surface area contributed by atoms with Crippen LogP contribution in [0, 0.1) is 0 Å². The largest absolute Gasteiger partial charge is 0.338 e. The minimum atomic E-state index is -2.86. The van der Waals surface area contributed by atoms with E-state index >= 15 is 0 Å². The molecule has 0 saturated heterocycles. The van der Waals surface area contributed by atoms with Crippen molar-refractivity contribution in [2.75, 3.05) is 4.90 Å². The first-order chi connectivity index (χ1) is 11.6. The third-order valence-corrected chi connectivity index (χ3v) is 7.74. The van der Waals surface area contributed by atoms with E-state index < -0.39 is 7.14 Å². The second kappa shape index (κ2) is 5.65. The summed E-state index contributed by atoms with van der Waals surface area (Å²) in [4.78, 5) is 2.30. The highest BCUT2D eigenvalue weighted by Crippen LogP contribution is 2.52. The number of hydrogen-bond acceptors (Lipinski definition) is 2. The smallest absolute Gasteiger partial charge is 0.175 e. The van der Waals surface area contributed by atoms with Gasteiger partial charge in [-0.05, 0) is 38.1 Å². The molecular weight excluding hydrogens is 313 g/mol. The van der Waals surface area contributed by atoms with Gasteiger partial charge in [0, 0.05) is 22.0 Å². The summed E-state index contributed by atoms with van der Waals surface area (Å²) in [6, 6.07) is 26.4. The van der Waals surface area contributed by atoms with Crippen molar-refractivity contribution in [1.29, 1.82) is 0 Å². The highest BCUT2D eigenvalue weighted by molar-refractivity contribution is 7.86. The van der Waals surface area contributed by atoms with Crippen LogP contribution in [0.5, 0.6) is 0 Å². The van der Waals surface area contributed by atoms with Crippen LogP contribution in [-0.4, -0.2) is 6.04 Å². The molecule has 0 saturated carbocycles. The Morgan fingerprint density at radius 2 is 1.17 bits per heavy atom. The Morgan fingerprint density at radius 3 is 1.67 bits per heavy atom. The Balaban J connectivity index is 2.11. The number of nitrogens with zero attached hydrogens (tertiary/aromatic N) is 1. The van der Waals surface area contributed by atoms with Crippen molar-refractivity contribution in [1.82, 2.24) is 0 Å². The summed E-state index contributed by atoms with van der Waals surface area (Å²) >= 11 is 0. The van der Waals surface area contributed by atoms with Gasteiger partial charge in [0.25, 0.3) is 0 Å². The highest BCUT2D eigenvalue weighted by Gasteiger charge is 2.40. The molecular formula is C21H20NOP. The normalized spacial score (nSPS) is 15.0. The van der Waals surface area contributed by atoms with Gasteiger partial charge in [-0.3, -0.25) is 0 Å². The fourth-order valence-electron chi connectivity index (χ4n) is 3.60. The molecule has 0 N–H and O–H groups in total. The second-order valence-corrected chi connectivity index (χ2v) is 9.08. The number of benzene rings is 3. The summed E-state index contributed by atoms with van der Waals surface area (Å²) in [5, 5.41) is 2.76. The van der Waals surface area contributed by atoms with Gasteiger partial charge in [-0.15, -0.1) is 0 Å². The maximum atomic E-state index is 14.4. The SMILES string of the molecule is CC(C)N1c2ccccc2P(=O)(c2ccccc2)c2ccccc21. The van der Waals surface area contributed by atoms with Crippen LogP contribution in [0.15, 0.2) is 78.9 Å². The molecule has 0 aromatic heterocycles. The molecule has 0 aliphatic carbocycles. The molecule has 0 spiro atoms. The van der Waals surface area contributed by atoms with Crippen molar-refractivity contribution in [2.24, 2.45) is 0 Å². The summed E-state index contributed by atoms with van der Waals surface area (Å²) in [5.41, 5.74) is 2.11. The number of anilines is 2. The van der Waals surface area contributed by atoms with Crippen LogP contribution in [-0.2, 0) is 4.57 Å². The predicted molar refractivity (Wildman–Crippen MR) is 103 cm³/mol. The highest BCUT2D eigenvalue weighted by atomic mass is 31.2. The molecule has 0 fully saturated rings. The summed E-state index contributed by atoms with van der Waals surface area (Å²) in [7, 11) is -2.86. The van der Waals surface area contributed by atoms with Crippen molar-refractivity contribution < 1.29 is 4.57 Å². The van der Waals surface area contributed by atoms with E-state index in [0.29, 0.717) is 0 Å². The van der Waals surface area contributed by atoms with Crippen molar-refractivity contribution in [3.05, 3.63) is 78.9 Å². The first-order valence-electron chi connectivity index (χ1n) is 8.28. The molecule has 0 unspecified atom stereocenters. The zero-order chi connectivity index (χ0) is 16.7. The maximum Gasteiger partial charge on any atom is 0.175 e. The Kier molecular flexibility index (Phi) is 3.58. The number of hydrogen-bond donors (Lipinski definition) is 0. The van der Waals surface area contributed by atoms with Crippen LogP contribution in [0.1, 0.15) is 13.8 Å². The molecule has 3 aromatic rings. The monoisotopic (exact) mass is 333 g/mol. The molecule has 0 radical (unpaired) electrons. The summed E-state index contributed by atoms with van der Waals surface area (Å²) in [6.45, 7) is 4.35. The second-order valence-electron chi connectivity index (χ2n) is 6.39. The number of fused-ring (bicyclic) bond motifs is 2. The van der Waals surface area contributed by atoms with Gasteiger partial charge in [0.05, 0.1) is 11.4 Å². The Hall–Kier alpha value is -2.31. The van der Waals surface area contributed by atoms with E-state index in [1.54, 1.807) is 0 Å². The van der Waals surface area contributed by atoms with Crippen LogP contribution >= 0.6 is 7.14 Å². The van der Waals surface area contributed by atoms with Crippen molar-refractivity contribution in [3.63, 3.8) is 0 Å². The zero-order valence-corrected chi connectivity index (χ0v) is 14.8. The van der Waals surface area contributed by atoms with Crippen molar-refractivity contribution in [2.45, 2.75) is 19.9 Å². The molecule has 0 amide bonds. The first kappa shape index (κ1) is 15.2.